The zero-order chi connectivity index (χ0) is 19.0. The van der Waals surface area contributed by atoms with E-state index < -0.39 is 22.8 Å². The lowest BCUT2D eigenvalue weighted by Gasteiger charge is -2.26. The molecule has 2 N–H and O–H groups in total. The zero-order valence-electron chi connectivity index (χ0n) is 15.1. The molecule has 1 fully saturated rings. The maximum absolute atomic E-state index is 14.5. The molecule has 1 aromatic carbocycles. The van der Waals surface area contributed by atoms with Crippen LogP contribution in [-0.4, -0.2) is 16.4 Å². The number of ketones is 1. The number of pyridine rings is 1. The molecule has 0 amide bonds. The Labute approximate surface area is 151 Å². The normalized spacial score (nSPS) is 20.5. The van der Waals surface area contributed by atoms with Gasteiger partial charge in [0.25, 0.3) is 0 Å². The van der Waals surface area contributed by atoms with Gasteiger partial charge in [-0.2, -0.15) is 0 Å². The third kappa shape index (κ3) is 3.43. The van der Waals surface area contributed by atoms with E-state index in [9.17, 15) is 18.4 Å². The van der Waals surface area contributed by atoms with Crippen LogP contribution >= 0.6 is 0 Å². The third-order valence-electron chi connectivity index (χ3n) is 5.53. The van der Waals surface area contributed by atoms with Crippen molar-refractivity contribution in [1.82, 2.24) is 4.57 Å². The summed E-state index contributed by atoms with van der Waals surface area (Å²) in [5.74, 6) is -1.50. The smallest absolute Gasteiger partial charge is 0.200 e. The highest BCUT2D eigenvalue weighted by Crippen LogP contribution is 2.30. The Morgan fingerprint density at radius 2 is 1.88 bits per heavy atom. The van der Waals surface area contributed by atoms with E-state index >= 15 is 0 Å². The molecule has 0 aliphatic heterocycles. The average molecular weight is 362 g/mol. The highest BCUT2D eigenvalue weighted by atomic mass is 19.1. The second-order valence-electron chi connectivity index (χ2n) is 7.40. The van der Waals surface area contributed by atoms with Crippen molar-refractivity contribution in [1.29, 1.82) is 0 Å². The number of rotatable bonds is 4. The summed E-state index contributed by atoms with van der Waals surface area (Å²) < 4.78 is 30.3. The minimum atomic E-state index is -0.792. The number of carbonyl (C=O) groups is 1. The summed E-state index contributed by atoms with van der Waals surface area (Å²) in [6.07, 6.45) is 6.26. The van der Waals surface area contributed by atoms with Gasteiger partial charge >= 0.3 is 0 Å². The fraction of sp³-hybridized carbons (Fsp3) is 0.500. The second-order valence-corrected chi connectivity index (χ2v) is 7.40. The van der Waals surface area contributed by atoms with Gasteiger partial charge in [-0.15, -0.1) is 0 Å². The van der Waals surface area contributed by atoms with Crippen molar-refractivity contribution in [2.75, 3.05) is 0 Å². The first-order chi connectivity index (χ1) is 12.3. The first-order valence-electron chi connectivity index (χ1n) is 9.06. The number of fused-ring (bicyclic) bond motifs is 1. The van der Waals surface area contributed by atoms with Crippen molar-refractivity contribution in [2.45, 2.75) is 51.5 Å². The maximum atomic E-state index is 14.5. The summed E-state index contributed by atoms with van der Waals surface area (Å²) >= 11 is 0. The van der Waals surface area contributed by atoms with Gasteiger partial charge < -0.3 is 10.3 Å². The summed E-state index contributed by atoms with van der Waals surface area (Å²) in [5.41, 5.74) is 5.54. The van der Waals surface area contributed by atoms with Crippen LogP contribution in [0.5, 0.6) is 0 Å². The van der Waals surface area contributed by atoms with E-state index in [1.165, 1.54) is 17.7 Å². The van der Waals surface area contributed by atoms with Crippen LogP contribution in [0.4, 0.5) is 8.78 Å². The number of nitrogens with zero attached hydrogens (tertiary/aromatic N) is 1. The molecular weight excluding hydrogens is 338 g/mol. The van der Waals surface area contributed by atoms with Crippen molar-refractivity contribution in [3.8, 4) is 0 Å². The summed E-state index contributed by atoms with van der Waals surface area (Å²) in [7, 11) is 1.56. The number of aromatic nitrogens is 1. The van der Waals surface area contributed by atoms with Gasteiger partial charge in [-0.3, -0.25) is 9.59 Å². The summed E-state index contributed by atoms with van der Waals surface area (Å²) in [5, 5.41) is -0.00906. The van der Waals surface area contributed by atoms with Crippen LogP contribution in [0.25, 0.3) is 10.9 Å². The number of benzene rings is 1. The van der Waals surface area contributed by atoms with Gasteiger partial charge in [0.05, 0.1) is 16.5 Å². The van der Waals surface area contributed by atoms with Gasteiger partial charge in [0.2, 0.25) is 5.43 Å². The van der Waals surface area contributed by atoms with E-state index in [2.05, 4.69) is 0 Å². The first kappa shape index (κ1) is 18.7. The molecule has 0 saturated heterocycles. The fourth-order valence-electron chi connectivity index (χ4n) is 4.01. The van der Waals surface area contributed by atoms with Crippen LogP contribution in [0.3, 0.4) is 0 Å². The van der Waals surface area contributed by atoms with Crippen LogP contribution in [-0.2, 0) is 13.5 Å². The minimum absolute atomic E-state index is 0.00906. The van der Waals surface area contributed by atoms with E-state index in [0.717, 1.165) is 38.2 Å². The predicted molar refractivity (Wildman–Crippen MR) is 97.4 cm³/mol. The summed E-state index contributed by atoms with van der Waals surface area (Å²) in [4.78, 5) is 24.5. The SMILES string of the molecule is CC(=O)c1cn(C)c2c(F)cc(F)c(CCC3CCC(N)CC3)c2c1=O. The van der Waals surface area contributed by atoms with Crippen LogP contribution < -0.4 is 11.2 Å². The van der Waals surface area contributed by atoms with Crippen LogP contribution in [0, 0.1) is 17.6 Å². The molecule has 0 spiro atoms. The second kappa shape index (κ2) is 7.27. The Kier molecular flexibility index (Phi) is 5.23. The summed E-state index contributed by atoms with van der Waals surface area (Å²) in [6.45, 7) is 1.28. The molecule has 0 bridgehead atoms. The van der Waals surface area contributed by atoms with Crippen molar-refractivity contribution in [2.24, 2.45) is 18.7 Å². The molecule has 1 aromatic heterocycles. The number of carbonyl (C=O) groups excluding carboxylic acids is 1. The molecule has 140 valence electrons. The number of hydrogen-bond acceptors (Lipinski definition) is 3. The van der Waals surface area contributed by atoms with Crippen LogP contribution in [0.1, 0.15) is 54.9 Å². The van der Waals surface area contributed by atoms with Crippen LogP contribution in [0.15, 0.2) is 17.1 Å². The standard InChI is InChI=1S/C20H24F2N2O2/c1-11(25)15-10-24(2)19-17(22)9-16(21)14(18(19)20(15)26)8-5-12-3-6-13(23)7-4-12/h9-10,12-13H,3-8,23H2,1-2H3. The lowest BCUT2D eigenvalue weighted by molar-refractivity contribution is 0.101. The Morgan fingerprint density at radius 1 is 1.23 bits per heavy atom. The molecule has 26 heavy (non-hydrogen) atoms. The summed E-state index contributed by atoms with van der Waals surface area (Å²) in [6, 6.07) is 1.07. The van der Waals surface area contributed by atoms with Gasteiger partial charge in [-0.1, -0.05) is 0 Å². The maximum Gasteiger partial charge on any atom is 0.200 e. The molecule has 1 saturated carbocycles. The molecule has 4 nitrogen and oxygen atoms in total. The lowest BCUT2D eigenvalue weighted by Crippen LogP contribution is -2.26. The number of aryl methyl sites for hydroxylation is 2. The van der Waals surface area contributed by atoms with Gasteiger partial charge in [-0.05, 0) is 51.4 Å². The number of hydrogen-bond donors (Lipinski definition) is 1. The molecule has 2 aromatic rings. The van der Waals surface area contributed by atoms with Crippen molar-refractivity contribution >= 4 is 16.7 Å². The third-order valence-corrected chi connectivity index (χ3v) is 5.53. The van der Waals surface area contributed by atoms with Gasteiger partial charge in [-0.25, -0.2) is 8.78 Å². The molecule has 1 aliphatic rings. The van der Waals surface area contributed by atoms with E-state index in [0.29, 0.717) is 12.3 Å². The van der Waals surface area contributed by atoms with Crippen molar-refractivity contribution in [3.63, 3.8) is 0 Å². The lowest BCUT2D eigenvalue weighted by atomic mass is 9.82. The highest BCUT2D eigenvalue weighted by molar-refractivity contribution is 5.98. The fourth-order valence-corrected chi connectivity index (χ4v) is 4.01. The number of halogens is 2. The minimum Gasteiger partial charge on any atom is -0.347 e. The van der Waals surface area contributed by atoms with Crippen molar-refractivity contribution in [3.05, 3.63) is 45.2 Å². The van der Waals surface area contributed by atoms with E-state index in [4.69, 9.17) is 5.73 Å². The predicted octanol–water partition coefficient (Wildman–Crippen LogP) is 3.47. The topological polar surface area (TPSA) is 65.1 Å². The largest absolute Gasteiger partial charge is 0.347 e. The molecule has 6 heteroatoms. The van der Waals surface area contributed by atoms with Gasteiger partial charge in [0.1, 0.15) is 5.82 Å². The number of Topliss-reactive ketones (excluding diaryl/α,β-unsaturated/α-hetero) is 1. The van der Waals surface area contributed by atoms with Gasteiger partial charge in [0, 0.05) is 30.9 Å². The van der Waals surface area contributed by atoms with Crippen LogP contribution in [0.2, 0.25) is 0 Å². The van der Waals surface area contributed by atoms with E-state index in [1.807, 2.05) is 0 Å². The quantitative estimate of drug-likeness (QED) is 0.847. The molecule has 0 atom stereocenters. The van der Waals surface area contributed by atoms with Gasteiger partial charge in [0.15, 0.2) is 11.6 Å². The highest BCUT2D eigenvalue weighted by Gasteiger charge is 2.23. The number of nitrogens with two attached hydrogens (primary N) is 1. The average Bonchev–Trinajstić information content (AvgIpc) is 2.58. The molecule has 1 aliphatic carbocycles. The Balaban J connectivity index is 2.06. The Bertz CT molecular complexity index is 912. The van der Waals surface area contributed by atoms with Crippen molar-refractivity contribution < 1.29 is 13.6 Å². The Morgan fingerprint density at radius 3 is 2.50 bits per heavy atom. The van der Waals surface area contributed by atoms with E-state index in [-0.39, 0.29) is 28.1 Å². The molecule has 0 unspecified atom stereocenters. The zero-order valence-corrected chi connectivity index (χ0v) is 15.1. The molecule has 0 radical (unpaired) electrons. The molecule has 3 rings (SSSR count). The molecule has 1 heterocycles. The molecular formula is C20H24F2N2O2. The Hall–Kier alpha value is -2.08. The monoisotopic (exact) mass is 362 g/mol. The van der Waals surface area contributed by atoms with E-state index in [1.54, 1.807) is 7.05 Å². The first-order valence-corrected chi connectivity index (χ1v) is 9.06.